The molecule has 2 N–H and O–H groups in total. The molecule has 1 aliphatic heterocycles. The Morgan fingerprint density at radius 3 is 2.72 bits per heavy atom. The van der Waals surface area contributed by atoms with Gasteiger partial charge >= 0.3 is 0 Å². The summed E-state index contributed by atoms with van der Waals surface area (Å²) in [6.45, 7) is 3.52. The molecule has 4 nitrogen and oxygen atoms in total. The molecule has 3 heterocycles. The zero-order chi connectivity index (χ0) is 12.4. The highest BCUT2D eigenvalue weighted by Gasteiger charge is 2.13. The second-order valence-electron chi connectivity index (χ2n) is 4.58. The zero-order valence-corrected chi connectivity index (χ0v) is 11.0. The van der Waals surface area contributed by atoms with Crippen molar-refractivity contribution in [3.63, 3.8) is 0 Å². The van der Waals surface area contributed by atoms with E-state index in [0.717, 1.165) is 17.1 Å². The van der Waals surface area contributed by atoms with Gasteiger partial charge in [0.15, 0.2) is 0 Å². The lowest BCUT2D eigenvalue weighted by Gasteiger charge is -2.12. The number of thiophene rings is 1. The largest absolute Gasteiger partial charge is 0.382 e. The third-order valence-corrected chi connectivity index (χ3v) is 4.26. The first-order valence-electron chi connectivity index (χ1n) is 6.20. The quantitative estimate of drug-likeness (QED) is 0.920. The molecule has 0 amide bonds. The number of hydrogen-bond donors (Lipinski definition) is 1. The molecule has 2 aromatic heterocycles. The van der Waals surface area contributed by atoms with Crippen LogP contribution in [-0.4, -0.2) is 28.0 Å². The monoisotopic (exact) mass is 260 g/mol. The van der Waals surface area contributed by atoms with E-state index in [1.807, 2.05) is 0 Å². The molecule has 0 saturated carbocycles. The van der Waals surface area contributed by atoms with Crippen molar-refractivity contribution in [2.45, 2.75) is 19.4 Å². The highest BCUT2D eigenvalue weighted by molar-refractivity contribution is 7.15. The molecule has 1 fully saturated rings. The fraction of sp³-hybridized carbons (Fsp3) is 0.385. The Morgan fingerprint density at radius 1 is 1.17 bits per heavy atom. The predicted octanol–water partition coefficient (Wildman–Crippen LogP) is 2.38. The first-order chi connectivity index (χ1) is 8.81. The van der Waals surface area contributed by atoms with E-state index in [4.69, 9.17) is 5.73 Å². The minimum atomic E-state index is 0.465. The first kappa shape index (κ1) is 11.6. The number of anilines is 1. The minimum absolute atomic E-state index is 0.465. The highest BCUT2D eigenvalue weighted by Crippen LogP contribution is 2.27. The van der Waals surface area contributed by atoms with Crippen LogP contribution in [-0.2, 0) is 6.54 Å². The highest BCUT2D eigenvalue weighted by atomic mass is 32.1. The number of hydrogen-bond acceptors (Lipinski definition) is 5. The predicted molar refractivity (Wildman–Crippen MR) is 74.3 cm³/mol. The van der Waals surface area contributed by atoms with Crippen molar-refractivity contribution in [2.24, 2.45) is 0 Å². The van der Waals surface area contributed by atoms with Crippen LogP contribution in [0, 0.1) is 0 Å². The SMILES string of the molecule is Nc1cnc(-c2ccc(CN3CCCC3)s2)cn1. The Bertz CT molecular complexity index is 514. The van der Waals surface area contributed by atoms with Gasteiger partial charge in [-0.3, -0.25) is 4.90 Å². The summed E-state index contributed by atoms with van der Waals surface area (Å²) < 4.78 is 0. The average Bonchev–Trinajstić information content (AvgIpc) is 3.02. The van der Waals surface area contributed by atoms with Crippen LogP contribution >= 0.6 is 11.3 Å². The molecule has 18 heavy (non-hydrogen) atoms. The van der Waals surface area contributed by atoms with E-state index in [9.17, 15) is 0 Å². The van der Waals surface area contributed by atoms with Crippen LogP contribution in [0.5, 0.6) is 0 Å². The first-order valence-corrected chi connectivity index (χ1v) is 7.02. The molecule has 0 spiro atoms. The molecule has 94 valence electrons. The summed E-state index contributed by atoms with van der Waals surface area (Å²) in [5, 5.41) is 0. The van der Waals surface area contributed by atoms with Gasteiger partial charge in [0.05, 0.1) is 23.0 Å². The summed E-state index contributed by atoms with van der Waals surface area (Å²) in [5.41, 5.74) is 6.45. The Labute approximate surface area is 110 Å². The molecule has 0 bridgehead atoms. The van der Waals surface area contributed by atoms with Crippen molar-refractivity contribution < 1.29 is 0 Å². The number of aromatic nitrogens is 2. The summed E-state index contributed by atoms with van der Waals surface area (Å²) in [5.74, 6) is 0.465. The topological polar surface area (TPSA) is 55.0 Å². The van der Waals surface area contributed by atoms with E-state index in [1.165, 1.54) is 30.8 Å². The Kier molecular flexibility index (Phi) is 3.25. The molecular weight excluding hydrogens is 244 g/mol. The van der Waals surface area contributed by atoms with Gasteiger partial charge in [0.25, 0.3) is 0 Å². The molecule has 0 atom stereocenters. The van der Waals surface area contributed by atoms with E-state index in [2.05, 4.69) is 27.0 Å². The van der Waals surface area contributed by atoms with Crippen LogP contribution in [0.15, 0.2) is 24.5 Å². The maximum atomic E-state index is 5.54. The number of nitrogens with two attached hydrogens (primary N) is 1. The molecule has 1 saturated heterocycles. The van der Waals surface area contributed by atoms with E-state index in [0.29, 0.717) is 5.82 Å². The van der Waals surface area contributed by atoms with Crippen LogP contribution in [0.1, 0.15) is 17.7 Å². The molecule has 0 aliphatic carbocycles. The summed E-state index contributed by atoms with van der Waals surface area (Å²) in [4.78, 5) is 13.4. The van der Waals surface area contributed by atoms with Gasteiger partial charge < -0.3 is 5.73 Å². The lowest BCUT2D eigenvalue weighted by molar-refractivity contribution is 0.334. The van der Waals surface area contributed by atoms with Crippen molar-refractivity contribution in [2.75, 3.05) is 18.8 Å². The minimum Gasteiger partial charge on any atom is -0.382 e. The van der Waals surface area contributed by atoms with Gasteiger partial charge in [-0.05, 0) is 38.1 Å². The summed E-state index contributed by atoms with van der Waals surface area (Å²) in [7, 11) is 0. The number of likely N-dealkylation sites (tertiary alicyclic amines) is 1. The second kappa shape index (κ2) is 5.04. The third kappa shape index (κ3) is 2.52. The van der Waals surface area contributed by atoms with Gasteiger partial charge in [0, 0.05) is 11.4 Å². The maximum Gasteiger partial charge on any atom is 0.141 e. The molecule has 0 aromatic carbocycles. The van der Waals surface area contributed by atoms with Crippen LogP contribution < -0.4 is 5.73 Å². The van der Waals surface area contributed by atoms with E-state index in [1.54, 1.807) is 23.7 Å². The number of nitrogen functional groups attached to an aromatic ring is 1. The molecule has 3 rings (SSSR count). The van der Waals surface area contributed by atoms with Crippen LogP contribution in [0.25, 0.3) is 10.6 Å². The smallest absolute Gasteiger partial charge is 0.141 e. The molecule has 1 aliphatic rings. The van der Waals surface area contributed by atoms with Crippen molar-refractivity contribution in [1.29, 1.82) is 0 Å². The lowest BCUT2D eigenvalue weighted by atomic mass is 10.3. The lowest BCUT2D eigenvalue weighted by Crippen LogP contribution is -2.17. The average molecular weight is 260 g/mol. The van der Waals surface area contributed by atoms with Crippen molar-refractivity contribution in [1.82, 2.24) is 14.9 Å². The number of rotatable bonds is 3. The third-order valence-electron chi connectivity index (χ3n) is 3.16. The van der Waals surface area contributed by atoms with E-state index >= 15 is 0 Å². The van der Waals surface area contributed by atoms with Crippen LogP contribution in [0.2, 0.25) is 0 Å². The fourth-order valence-corrected chi connectivity index (χ4v) is 3.24. The zero-order valence-electron chi connectivity index (χ0n) is 10.2. The summed E-state index contributed by atoms with van der Waals surface area (Å²) >= 11 is 1.79. The molecular formula is C13H16N4S. The van der Waals surface area contributed by atoms with Crippen LogP contribution in [0.4, 0.5) is 5.82 Å². The van der Waals surface area contributed by atoms with Gasteiger partial charge in [0.2, 0.25) is 0 Å². The Morgan fingerprint density at radius 2 is 2.00 bits per heavy atom. The molecule has 2 aromatic rings. The van der Waals surface area contributed by atoms with Crippen molar-refractivity contribution in [3.8, 4) is 10.6 Å². The summed E-state index contributed by atoms with van der Waals surface area (Å²) in [6, 6.07) is 4.31. The molecule has 0 unspecified atom stereocenters. The van der Waals surface area contributed by atoms with Crippen LogP contribution in [0.3, 0.4) is 0 Å². The van der Waals surface area contributed by atoms with Gasteiger partial charge in [0.1, 0.15) is 5.82 Å². The van der Waals surface area contributed by atoms with Crippen molar-refractivity contribution >= 4 is 17.2 Å². The van der Waals surface area contributed by atoms with Crippen molar-refractivity contribution in [3.05, 3.63) is 29.4 Å². The molecule has 5 heteroatoms. The molecule has 0 radical (unpaired) electrons. The van der Waals surface area contributed by atoms with Gasteiger partial charge in [-0.2, -0.15) is 0 Å². The van der Waals surface area contributed by atoms with E-state index in [-0.39, 0.29) is 0 Å². The summed E-state index contributed by atoms with van der Waals surface area (Å²) in [6.07, 6.45) is 6.01. The van der Waals surface area contributed by atoms with Gasteiger partial charge in [-0.15, -0.1) is 11.3 Å². The maximum absolute atomic E-state index is 5.54. The number of nitrogens with zero attached hydrogens (tertiary/aromatic N) is 3. The Hall–Kier alpha value is -1.46. The fourth-order valence-electron chi connectivity index (χ4n) is 2.23. The Balaban J connectivity index is 1.74. The standard InChI is InChI=1S/C13H16N4S/c14-13-8-15-11(7-16-13)12-4-3-10(18-12)9-17-5-1-2-6-17/h3-4,7-8H,1-2,5-6,9H2,(H2,14,16). The van der Waals surface area contributed by atoms with Gasteiger partial charge in [-0.25, -0.2) is 9.97 Å². The normalized spacial score (nSPS) is 16.2. The van der Waals surface area contributed by atoms with E-state index < -0.39 is 0 Å². The second-order valence-corrected chi connectivity index (χ2v) is 5.74. The van der Waals surface area contributed by atoms with Gasteiger partial charge in [-0.1, -0.05) is 0 Å².